The van der Waals surface area contributed by atoms with Crippen LogP contribution in [0.15, 0.2) is 59.5 Å². The number of benzene rings is 1. The van der Waals surface area contributed by atoms with Gasteiger partial charge in [0.1, 0.15) is 0 Å². The van der Waals surface area contributed by atoms with Crippen molar-refractivity contribution in [2.45, 2.75) is 50.8 Å². The Bertz CT molecular complexity index is 1240. The maximum absolute atomic E-state index is 9.48. The van der Waals surface area contributed by atoms with Crippen molar-refractivity contribution in [2.75, 3.05) is 13.1 Å². The zero-order chi connectivity index (χ0) is 22.9. The second kappa shape index (κ2) is 9.12. The van der Waals surface area contributed by atoms with Gasteiger partial charge in [-0.05, 0) is 30.5 Å². The minimum Gasteiger partial charge on any atom is -0.390 e. The predicted octanol–water partition coefficient (Wildman–Crippen LogP) is 4.34. The molecule has 1 aliphatic carbocycles. The minimum absolute atomic E-state index is 0.184. The number of aliphatic hydroxyl groups excluding tert-OH is 1. The third-order valence-electron chi connectivity index (χ3n) is 6.88. The Morgan fingerprint density at radius 2 is 1.71 bits per heavy atom. The normalized spacial score (nSPS) is 17.7. The third-order valence-corrected chi connectivity index (χ3v) is 6.88. The Hall–Kier alpha value is -3.36. The van der Waals surface area contributed by atoms with Crippen LogP contribution in [0.5, 0.6) is 0 Å². The van der Waals surface area contributed by atoms with Crippen molar-refractivity contribution in [1.29, 1.82) is 0 Å². The van der Waals surface area contributed by atoms with Gasteiger partial charge in [-0.1, -0.05) is 48.7 Å². The number of β-amino-alcohol motifs (C(OH)–C–C–N with tert-alkyl or cyclic N) is 1. The van der Waals surface area contributed by atoms with Gasteiger partial charge >= 0.3 is 0 Å². The summed E-state index contributed by atoms with van der Waals surface area (Å²) in [6.45, 7) is 2.32. The molecule has 2 aliphatic rings. The highest BCUT2D eigenvalue weighted by molar-refractivity contribution is 5.77. The number of nitrogens with zero attached hydrogens (tertiary/aromatic N) is 6. The molecule has 1 aromatic carbocycles. The molecule has 1 N–H and O–H groups in total. The van der Waals surface area contributed by atoms with Crippen LogP contribution in [0.3, 0.4) is 0 Å². The Labute approximate surface area is 198 Å². The highest BCUT2D eigenvalue weighted by atomic mass is 16.5. The summed E-state index contributed by atoms with van der Waals surface area (Å²) >= 11 is 0. The van der Waals surface area contributed by atoms with E-state index in [9.17, 15) is 5.11 Å². The van der Waals surface area contributed by atoms with Gasteiger partial charge in [-0.25, -0.2) is 0 Å². The van der Waals surface area contributed by atoms with E-state index in [1.807, 2.05) is 30.5 Å². The van der Waals surface area contributed by atoms with E-state index in [0.717, 1.165) is 54.9 Å². The van der Waals surface area contributed by atoms with Crippen molar-refractivity contribution in [3.8, 4) is 34.1 Å². The molecule has 0 bridgehead atoms. The van der Waals surface area contributed by atoms with Crippen molar-refractivity contribution in [2.24, 2.45) is 0 Å². The lowest BCUT2D eigenvalue weighted by Gasteiger charge is -2.35. The van der Waals surface area contributed by atoms with Crippen LogP contribution in [0.4, 0.5) is 0 Å². The number of likely N-dealkylation sites (tertiary alicyclic amines) is 1. The number of aromatic nitrogens is 5. The summed E-state index contributed by atoms with van der Waals surface area (Å²) < 4.78 is 7.88. The van der Waals surface area contributed by atoms with Gasteiger partial charge in [0.25, 0.3) is 5.89 Å². The van der Waals surface area contributed by atoms with E-state index in [-0.39, 0.29) is 6.10 Å². The zero-order valence-corrected chi connectivity index (χ0v) is 19.0. The fraction of sp³-hybridized carbons (Fsp3) is 0.385. The monoisotopic (exact) mass is 456 g/mol. The fourth-order valence-electron chi connectivity index (χ4n) is 5.06. The molecule has 6 rings (SSSR count). The first kappa shape index (κ1) is 21.2. The van der Waals surface area contributed by atoms with Crippen LogP contribution in [0.1, 0.15) is 43.7 Å². The standard InChI is InChI=1S/C26H28N6O2/c33-22-16-31(17-22)15-18-6-8-20(9-7-18)25-29-26(34-30-25)23-14-28-32(21-4-2-1-3-5-21)24(23)19-10-12-27-13-11-19/h6-14,21-22,33H,1-5,15-17H2. The van der Waals surface area contributed by atoms with Gasteiger partial charge in [-0.3, -0.25) is 14.6 Å². The van der Waals surface area contributed by atoms with Crippen molar-refractivity contribution < 1.29 is 9.63 Å². The first-order valence-corrected chi connectivity index (χ1v) is 12.1. The molecule has 0 spiro atoms. The molecule has 4 heterocycles. The Balaban J connectivity index is 1.29. The highest BCUT2D eigenvalue weighted by Gasteiger charge is 2.26. The molecule has 0 radical (unpaired) electrons. The van der Waals surface area contributed by atoms with E-state index in [2.05, 4.69) is 31.9 Å². The number of hydrogen-bond acceptors (Lipinski definition) is 7. The molecule has 8 heteroatoms. The number of hydrogen-bond donors (Lipinski definition) is 1. The van der Waals surface area contributed by atoms with Gasteiger partial charge in [0.2, 0.25) is 5.82 Å². The quantitative estimate of drug-likeness (QED) is 0.461. The molecule has 3 aromatic heterocycles. The van der Waals surface area contributed by atoms with Crippen LogP contribution < -0.4 is 0 Å². The number of pyridine rings is 1. The van der Waals surface area contributed by atoms with E-state index < -0.39 is 0 Å². The molecule has 1 saturated heterocycles. The largest absolute Gasteiger partial charge is 0.390 e. The average molecular weight is 457 g/mol. The van der Waals surface area contributed by atoms with Crippen molar-refractivity contribution >= 4 is 0 Å². The molecule has 1 saturated carbocycles. The topological polar surface area (TPSA) is 93.1 Å². The average Bonchev–Trinajstić information content (AvgIpc) is 3.52. The van der Waals surface area contributed by atoms with Crippen LogP contribution in [0.2, 0.25) is 0 Å². The molecule has 1 aliphatic heterocycles. The second-order valence-electron chi connectivity index (χ2n) is 9.35. The molecular weight excluding hydrogens is 428 g/mol. The van der Waals surface area contributed by atoms with Crippen LogP contribution in [-0.4, -0.2) is 54.1 Å². The van der Waals surface area contributed by atoms with E-state index in [1.165, 1.54) is 24.8 Å². The highest BCUT2D eigenvalue weighted by Crippen LogP contribution is 2.37. The molecule has 0 atom stereocenters. The second-order valence-corrected chi connectivity index (χ2v) is 9.35. The van der Waals surface area contributed by atoms with Gasteiger partial charge in [0.15, 0.2) is 0 Å². The van der Waals surface area contributed by atoms with Gasteiger partial charge in [0.05, 0.1) is 29.6 Å². The maximum Gasteiger partial charge on any atom is 0.262 e. The number of rotatable bonds is 6. The van der Waals surface area contributed by atoms with Crippen molar-refractivity contribution in [3.05, 3.63) is 60.6 Å². The fourth-order valence-corrected chi connectivity index (χ4v) is 5.06. The van der Waals surface area contributed by atoms with E-state index in [0.29, 0.717) is 17.8 Å². The first-order chi connectivity index (χ1) is 16.7. The zero-order valence-electron chi connectivity index (χ0n) is 19.0. The van der Waals surface area contributed by atoms with E-state index >= 15 is 0 Å². The minimum atomic E-state index is -0.184. The smallest absolute Gasteiger partial charge is 0.262 e. The Kier molecular flexibility index (Phi) is 5.68. The third kappa shape index (κ3) is 4.15. The Morgan fingerprint density at radius 3 is 2.44 bits per heavy atom. The Morgan fingerprint density at radius 1 is 0.941 bits per heavy atom. The van der Waals surface area contributed by atoms with Crippen LogP contribution in [0.25, 0.3) is 34.1 Å². The van der Waals surface area contributed by atoms with E-state index in [1.54, 1.807) is 12.4 Å². The van der Waals surface area contributed by atoms with Crippen molar-refractivity contribution in [3.63, 3.8) is 0 Å². The molecule has 0 unspecified atom stereocenters. The lowest BCUT2D eigenvalue weighted by Crippen LogP contribution is -2.49. The molecular formula is C26H28N6O2. The lowest BCUT2D eigenvalue weighted by atomic mass is 9.95. The summed E-state index contributed by atoms with van der Waals surface area (Å²) in [6, 6.07) is 12.6. The summed E-state index contributed by atoms with van der Waals surface area (Å²) in [4.78, 5) is 11.1. The van der Waals surface area contributed by atoms with Crippen LogP contribution in [-0.2, 0) is 6.54 Å². The summed E-state index contributed by atoms with van der Waals surface area (Å²) in [5, 5.41) is 18.5. The molecule has 4 aromatic rings. The summed E-state index contributed by atoms with van der Waals surface area (Å²) in [5.74, 6) is 1.04. The number of aliphatic hydroxyl groups is 1. The van der Waals surface area contributed by atoms with Crippen LogP contribution in [0, 0.1) is 0 Å². The SMILES string of the molecule is OC1CN(Cc2ccc(-c3noc(-c4cnn(C5CCCCC5)c4-c4ccncc4)n3)cc2)C1. The van der Waals surface area contributed by atoms with Gasteiger partial charge in [0, 0.05) is 43.2 Å². The predicted molar refractivity (Wildman–Crippen MR) is 128 cm³/mol. The molecule has 34 heavy (non-hydrogen) atoms. The van der Waals surface area contributed by atoms with Gasteiger partial charge < -0.3 is 9.63 Å². The molecule has 0 amide bonds. The summed E-state index contributed by atoms with van der Waals surface area (Å²) in [5.41, 5.74) is 5.02. The maximum atomic E-state index is 9.48. The lowest BCUT2D eigenvalue weighted by molar-refractivity contribution is -0.00286. The van der Waals surface area contributed by atoms with Crippen LogP contribution >= 0.6 is 0 Å². The summed E-state index contributed by atoms with van der Waals surface area (Å²) in [7, 11) is 0. The van der Waals surface area contributed by atoms with Gasteiger partial charge in [-0.15, -0.1) is 0 Å². The molecule has 8 nitrogen and oxygen atoms in total. The van der Waals surface area contributed by atoms with E-state index in [4.69, 9.17) is 14.6 Å². The van der Waals surface area contributed by atoms with Crippen molar-refractivity contribution in [1.82, 2.24) is 29.8 Å². The summed E-state index contributed by atoms with van der Waals surface area (Å²) in [6.07, 6.45) is 11.3. The molecule has 174 valence electrons. The van der Waals surface area contributed by atoms with Gasteiger partial charge in [-0.2, -0.15) is 10.1 Å². The first-order valence-electron chi connectivity index (χ1n) is 12.1. The molecule has 2 fully saturated rings.